The third-order valence-electron chi connectivity index (χ3n) is 2.80. The fraction of sp³-hybridized carbons (Fsp3) is 0.231. The van der Waals surface area contributed by atoms with Gasteiger partial charge in [-0.25, -0.2) is 0 Å². The van der Waals surface area contributed by atoms with Crippen LogP contribution in [-0.4, -0.2) is 22.8 Å². The number of rotatable bonds is 3. The molecule has 18 heavy (non-hydrogen) atoms. The molecule has 0 aromatic carbocycles. The Kier molecular flexibility index (Phi) is 3.67. The molecule has 0 N–H and O–H groups in total. The van der Waals surface area contributed by atoms with E-state index < -0.39 is 0 Å². The molecular formula is C13H13ClN2O2. The van der Waals surface area contributed by atoms with E-state index in [1.54, 1.807) is 36.4 Å². The van der Waals surface area contributed by atoms with E-state index >= 15 is 0 Å². The molecule has 0 radical (unpaired) electrons. The van der Waals surface area contributed by atoms with Crippen LogP contribution >= 0.6 is 11.6 Å². The van der Waals surface area contributed by atoms with Crippen molar-refractivity contribution in [3.05, 3.63) is 53.2 Å². The van der Waals surface area contributed by atoms with E-state index in [4.69, 9.17) is 16.0 Å². The molecule has 0 spiro atoms. The van der Waals surface area contributed by atoms with Gasteiger partial charge < -0.3 is 9.32 Å². The topological polar surface area (TPSA) is 46.3 Å². The lowest BCUT2D eigenvalue weighted by atomic mass is 10.2. The monoisotopic (exact) mass is 264 g/mol. The summed E-state index contributed by atoms with van der Waals surface area (Å²) < 4.78 is 5.29. The lowest BCUT2D eigenvalue weighted by Crippen LogP contribution is -2.30. The average molecular weight is 265 g/mol. The van der Waals surface area contributed by atoms with Gasteiger partial charge in [-0.1, -0.05) is 11.6 Å². The minimum atomic E-state index is -0.193. The Morgan fingerprint density at radius 2 is 2.28 bits per heavy atom. The highest BCUT2D eigenvalue weighted by Crippen LogP contribution is 2.21. The van der Waals surface area contributed by atoms with Gasteiger partial charge in [-0.05, 0) is 31.2 Å². The van der Waals surface area contributed by atoms with Gasteiger partial charge in [-0.15, -0.1) is 0 Å². The summed E-state index contributed by atoms with van der Waals surface area (Å²) in [5.41, 5.74) is 0.323. The number of aromatic nitrogens is 1. The molecule has 2 aromatic rings. The molecule has 2 aromatic heterocycles. The summed E-state index contributed by atoms with van der Waals surface area (Å²) in [5.74, 6) is 0.536. The second-order valence-corrected chi connectivity index (χ2v) is 4.40. The van der Waals surface area contributed by atoms with Crippen molar-refractivity contribution in [2.75, 3.05) is 7.05 Å². The van der Waals surface area contributed by atoms with Crippen molar-refractivity contribution < 1.29 is 9.21 Å². The summed E-state index contributed by atoms with van der Waals surface area (Å²) in [4.78, 5) is 17.8. The molecule has 0 saturated heterocycles. The highest BCUT2D eigenvalue weighted by molar-refractivity contribution is 6.30. The Morgan fingerprint density at radius 1 is 1.50 bits per heavy atom. The van der Waals surface area contributed by atoms with Crippen LogP contribution in [0.4, 0.5) is 0 Å². The van der Waals surface area contributed by atoms with Gasteiger partial charge in [0.15, 0.2) is 0 Å². The molecule has 0 aliphatic rings. The van der Waals surface area contributed by atoms with E-state index in [0.29, 0.717) is 10.7 Å². The predicted octanol–water partition coefficient (Wildman–Crippen LogP) is 3.16. The van der Waals surface area contributed by atoms with Gasteiger partial charge in [0, 0.05) is 18.3 Å². The first-order valence-electron chi connectivity index (χ1n) is 5.51. The number of amides is 1. The largest absolute Gasteiger partial charge is 0.467 e. The summed E-state index contributed by atoms with van der Waals surface area (Å²) in [6.45, 7) is 1.89. The summed E-state index contributed by atoms with van der Waals surface area (Å²) in [7, 11) is 1.71. The van der Waals surface area contributed by atoms with E-state index in [1.807, 2.05) is 13.0 Å². The fourth-order valence-electron chi connectivity index (χ4n) is 1.60. The predicted molar refractivity (Wildman–Crippen MR) is 68.5 cm³/mol. The third-order valence-corrected chi connectivity index (χ3v) is 3.03. The summed E-state index contributed by atoms with van der Waals surface area (Å²) in [5, 5.41) is 0.493. The quantitative estimate of drug-likeness (QED) is 0.855. The van der Waals surface area contributed by atoms with Gasteiger partial charge in [0.2, 0.25) is 0 Å². The van der Waals surface area contributed by atoms with Gasteiger partial charge in [-0.3, -0.25) is 9.78 Å². The first-order chi connectivity index (χ1) is 8.59. The zero-order valence-electron chi connectivity index (χ0n) is 10.1. The maximum absolute atomic E-state index is 12.2. The van der Waals surface area contributed by atoms with Crippen molar-refractivity contribution >= 4 is 17.5 Å². The molecule has 94 valence electrons. The fourth-order valence-corrected chi connectivity index (χ4v) is 1.76. The van der Waals surface area contributed by atoms with E-state index in [0.717, 1.165) is 5.76 Å². The minimum Gasteiger partial charge on any atom is -0.467 e. The number of pyridine rings is 1. The SMILES string of the molecule is CC(c1ccco1)N(C)C(=O)c1cc(Cl)ccn1. The molecule has 1 amide bonds. The van der Waals surface area contributed by atoms with Crippen LogP contribution < -0.4 is 0 Å². The van der Waals surface area contributed by atoms with Crippen LogP contribution in [-0.2, 0) is 0 Å². The van der Waals surface area contributed by atoms with Crippen molar-refractivity contribution in [2.45, 2.75) is 13.0 Å². The molecule has 1 atom stereocenters. The first kappa shape index (κ1) is 12.6. The zero-order chi connectivity index (χ0) is 13.1. The van der Waals surface area contributed by atoms with Crippen LogP contribution in [0.2, 0.25) is 5.02 Å². The Morgan fingerprint density at radius 3 is 2.89 bits per heavy atom. The Hall–Kier alpha value is -1.81. The molecule has 0 aliphatic heterocycles. The van der Waals surface area contributed by atoms with Crippen molar-refractivity contribution in [1.29, 1.82) is 0 Å². The molecule has 0 aliphatic carbocycles. The van der Waals surface area contributed by atoms with Crippen LogP contribution in [0.15, 0.2) is 41.1 Å². The maximum Gasteiger partial charge on any atom is 0.272 e. The Labute approximate surface area is 110 Å². The average Bonchev–Trinajstić information content (AvgIpc) is 2.90. The van der Waals surface area contributed by atoms with Gasteiger partial charge >= 0.3 is 0 Å². The number of nitrogens with zero attached hydrogens (tertiary/aromatic N) is 2. The Balaban J connectivity index is 2.19. The van der Waals surface area contributed by atoms with Gasteiger partial charge in [-0.2, -0.15) is 0 Å². The van der Waals surface area contributed by atoms with Crippen LogP contribution in [0, 0.1) is 0 Å². The van der Waals surface area contributed by atoms with Crippen molar-refractivity contribution in [3.8, 4) is 0 Å². The van der Waals surface area contributed by atoms with Gasteiger partial charge in [0.25, 0.3) is 5.91 Å². The standard InChI is InChI=1S/C13H13ClN2O2/c1-9(12-4-3-7-18-12)16(2)13(17)11-8-10(14)5-6-15-11/h3-9H,1-2H3. The first-order valence-corrected chi connectivity index (χ1v) is 5.89. The van der Waals surface area contributed by atoms with Gasteiger partial charge in [0.05, 0.1) is 12.3 Å². The van der Waals surface area contributed by atoms with E-state index in [9.17, 15) is 4.79 Å². The molecule has 0 saturated carbocycles. The molecule has 0 fully saturated rings. The number of carbonyl (C=O) groups is 1. The lowest BCUT2D eigenvalue weighted by Gasteiger charge is -2.22. The molecular weight excluding hydrogens is 252 g/mol. The Bertz CT molecular complexity index is 540. The van der Waals surface area contributed by atoms with E-state index in [1.165, 1.54) is 6.20 Å². The maximum atomic E-state index is 12.2. The minimum absolute atomic E-state index is 0.159. The molecule has 1 unspecified atom stereocenters. The lowest BCUT2D eigenvalue weighted by molar-refractivity contribution is 0.0720. The molecule has 5 heteroatoms. The number of halogens is 1. The summed E-state index contributed by atoms with van der Waals surface area (Å²) in [6.07, 6.45) is 3.10. The summed E-state index contributed by atoms with van der Waals surface area (Å²) >= 11 is 5.84. The normalized spacial score (nSPS) is 12.2. The molecule has 2 rings (SSSR count). The van der Waals surface area contributed by atoms with Gasteiger partial charge in [0.1, 0.15) is 11.5 Å². The van der Waals surface area contributed by atoms with Crippen LogP contribution in [0.1, 0.15) is 29.2 Å². The second kappa shape index (κ2) is 5.23. The number of hydrogen-bond acceptors (Lipinski definition) is 3. The zero-order valence-corrected chi connectivity index (χ0v) is 10.9. The molecule has 4 nitrogen and oxygen atoms in total. The van der Waals surface area contributed by atoms with Crippen molar-refractivity contribution in [1.82, 2.24) is 9.88 Å². The van der Waals surface area contributed by atoms with Crippen molar-refractivity contribution in [2.24, 2.45) is 0 Å². The van der Waals surface area contributed by atoms with E-state index in [2.05, 4.69) is 4.98 Å². The van der Waals surface area contributed by atoms with Crippen LogP contribution in [0.3, 0.4) is 0 Å². The highest BCUT2D eigenvalue weighted by atomic mass is 35.5. The van der Waals surface area contributed by atoms with Crippen molar-refractivity contribution in [3.63, 3.8) is 0 Å². The number of furan rings is 1. The smallest absolute Gasteiger partial charge is 0.272 e. The number of hydrogen-bond donors (Lipinski definition) is 0. The third kappa shape index (κ3) is 2.54. The van der Waals surface area contributed by atoms with Crippen LogP contribution in [0.25, 0.3) is 0 Å². The number of carbonyl (C=O) groups excluding carboxylic acids is 1. The highest BCUT2D eigenvalue weighted by Gasteiger charge is 2.21. The molecule has 0 bridgehead atoms. The summed E-state index contributed by atoms with van der Waals surface area (Å²) in [6, 6.07) is 6.65. The molecule has 2 heterocycles. The second-order valence-electron chi connectivity index (χ2n) is 3.97. The van der Waals surface area contributed by atoms with E-state index in [-0.39, 0.29) is 11.9 Å². The van der Waals surface area contributed by atoms with Crippen LogP contribution in [0.5, 0.6) is 0 Å².